The van der Waals surface area contributed by atoms with Crippen molar-refractivity contribution in [1.29, 1.82) is 0 Å². The number of halogens is 2. The van der Waals surface area contributed by atoms with Crippen LogP contribution in [0.2, 0.25) is 0 Å². The molecule has 27 heavy (non-hydrogen) atoms. The molecule has 0 N–H and O–H groups in total. The van der Waals surface area contributed by atoms with Crippen LogP contribution >= 0.6 is 18.9 Å². The Hall–Kier alpha value is -1.59. The molecule has 3 aromatic rings. The van der Waals surface area contributed by atoms with Gasteiger partial charge in [0.25, 0.3) is 0 Å². The maximum atomic E-state index is 5.58. The predicted octanol–water partition coefficient (Wildman–Crippen LogP) is 2.13. The molecule has 0 fully saturated rings. The highest BCUT2D eigenvalue weighted by Gasteiger charge is 2.44. The molecule has 0 saturated carbocycles. The topological polar surface area (TPSA) is 0 Å². The smallest absolute Gasteiger partial charge is 0.113 e. The van der Waals surface area contributed by atoms with E-state index in [9.17, 15) is 0 Å². The van der Waals surface area contributed by atoms with Crippen molar-refractivity contribution in [2.75, 3.05) is 6.16 Å². The summed E-state index contributed by atoms with van der Waals surface area (Å²) >= 11 is 5.58. The van der Waals surface area contributed by atoms with Gasteiger partial charge in [0.05, 0.1) is 6.16 Å². The van der Waals surface area contributed by atoms with E-state index in [1.807, 2.05) is 0 Å². The lowest BCUT2D eigenvalue weighted by molar-refractivity contribution is -0.00000492. The number of hydrogen-bond donors (Lipinski definition) is 0. The molecule has 0 bridgehead atoms. The second-order valence-electron chi connectivity index (χ2n) is 5.90. The molecule has 0 amide bonds. The van der Waals surface area contributed by atoms with Crippen LogP contribution in [0.1, 0.15) is 6.42 Å². The van der Waals surface area contributed by atoms with Crippen LogP contribution in [0.4, 0.5) is 0 Å². The Balaban J connectivity index is 0.00000261. The zero-order valence-corrected chi connectivity index (χ0v) is 18.7. The molecule has 0 nitrogen and oxygen atoms in total. The Kier molecular flexibility index (Phi) is 9.08. The summed E-state index contributed by atoms with van der Waals surface area (Å²) in [5.41, 5.74) is 1.46. The Morgan fingerprint density at radius 1 is 0.704 bits per heavy atom. The van der Waals surface area contributed by atoms with E-state index >= 15 is 0 Å². The van der Waals surface area contributed by atoms with Gasteiger partial charge in [0.15, 0.2) is 0 Å². The third-order valence-electron chi connectivity index (χ3n) is 4.41. The van der Waals surface area contributed by atoms with Gasteiger partial charge in [-0.3, -0.25) is 0 Å². The van der Waals surface area contributed by atoms with E-state index in [0.717, 1.165) is 12.6 Å². The van der Waals surface area contributed by atoms with Crippen LogP contribution in [-0.2, 0) is 0 Å². The van der Waals surface area contributed by atoms with Gasteiger partial charge in [0.1, 0.15) is 23.2 Å². The first kappa shape index (κ1) is 21.7. The van der Waals surface area contributed by atoms with Crippen molar-refractivity contribution in [3.05, 3.63) is 103 Å². The van der Waals surface area contributed by atoms with Crippen molar-refractivity contribution in [2.24, 2.45) is 0 Å². The molecule has 0 saturated heterocycles. The quantitative estimate of drug-likeness (QED) is 0.285. The molecule has 0 unspecified atom stereocenters. The Morgan fingerprint density at radius 3 is 1.48 bits per heavy atom. The SMILES string of the molecule is Cl/C=C\C#CCC[P+](c1ccccc1)(c1ccccc1)c1ccccc1.[I-]. The summed E-state index contributed by atoms with van der Waals surface area (Å²) in [6.45, 7) is 0. The van der Waals surface area contributed by atoms with Crippen molar-refractivity contribution in [3.63, 3.8) is 0 Å². The van der Waals surface area contributed by atoms with Crippen molar-refractivity contribution in [1.82, 2.24) is 0 Å². The van der Waals surface area contributed by atoms with Crippen LogP contribution in [0.15, 0.2) is 103 Å². The van der Waals surface area contributed by atoms with Crippen LogP contribution in [0.3, 0.4) is 0 Å². The highest BCUT2D eigenvalue weighted by molar-refractivity contribution is 7.95. The Labute approximate surface area is 185 Å². The minimum absolute atomic E-state index is 0. The maximum Gasteiger partial charge on any atom is 0.113 e. The summed E-state index contributed by atoms with van der Waals surface area (Å²) < 4.78 is 0. The van der Waals surface area contributed by atoms with E-state index < -0.39 is 7.26 Å². The summed E-state index contributed by atoms with van der Waals surface area (Å²) in [4.78, 5) is 0. The largest absolute Gasteiger partial charge is 1.00 e. The zero-order valence-electron chi connectivity index (χ0n) is 14.9. The fourth-order valence-electron chi connectivity index (χ4n) is 3.27. The molecule has 0 spiro atoms. The lowest BCUT2D eigenvalue weighted by Crippen LogP contribution is -3.00. The van der Waals surface area contributed by atoms with Crippen molar-refractivity contribution in [3.8, 4) is 11.8 Å². The van der Waals surface area contributed by atoms with Crippen molar-refractivity contribution < 1.29 is 24.0 Å². The lowest BCUT2D eigenvalue weighted by Gasteiger charge is -2.27. The molecule has 0 radical (unpaired) electrons. The standard InChI is InChI=1S/C24H21ClP.HI/c25-20-12-1-2-13-21-26(22-14-6-3-7-15-22,23-16-8-4-9-17-23)24-18-10-5-11-19-24;/h3-12,14-20H,13,21H2;1H/q+1;/p-1/b20-12-;. The molecule has 3 rings (SSSR count). The normalized spacial score (nSPS) is 10.7. The summed E-state index contributed by atoms with van der Waals surface area (Å²) in [5.74, 6) is 6.27. The first-order chi connectivity index (χ1) is 12.9. The average molecular weight is 503 g/mol. The highest BCUT2D eigenvalue weighted by atomic mass is 127. The van der Waals surface area contributed by atoms with Gasteiger partial charge in [-0.1, -0.05) is 78.0 Å². The van der Waals surface area contributed by atoms with E-state index in [0.29, 0.717) is 0 Å². The van der Waals surface area contributed by atoms with Gasteiger partial charge in [-0.25, -0.2) is 0 Å². The molecule has 3 heteroatoms. The van der Waals surface area contributed by atoms with Gasteiger partial charge in [0, 0.05) is 12.0 Å². The molecule has 3 aromatic carbocycles. The monoisotopic (exact) mass is 502 g/mol. The minimum Gasteiger partial charge on any atom is -1.00 e. The second-order valence-corrected chi connectivity index (χ2v) is 9.77. The molecular weight excluding hydrogens is 482 g/mol. The summed E-state index contributed by atoms with van der Waals surface area (Å²) in [6.07, 6.45) is 3.52. The zero-order chi connectivity index (χ0) is 18.1. The fraction of sp³-hybridized carbons (Fsp3) is 0.0833. The number of rotatable bonds is 5. The summed E-state index contributed by atoms with van der Waals surface area (Å²) in [6, 6.07) is 32.7. The Bertz CT molecular complexity index is 800. The fourth-order valence-corrected chi connectivity index (χ4v) is 7.49. The average Bonchev–Trinajstić information content (AvgIpc) is 2.73. The highest BCUT2D eigenvalue weighted by Crippen LogP contribution is 2.55. The third kappa shape index (κ3) is 5.23. The van der Waals surface area contributed by atoms with E-state index in [4.69, 9.17) is 11.6 Å². The van der Waals surface area contributed by atoms with Crippen LogP contribution in [-0.4, -0.2) is 6.16 Å². The molecule has 0 atom stereocenters. The van der Waals surface area contributed by atoms with Gasteiger partial charge in [0.2, 0.25) is 0 Å². The van der Waals surface area contributed by atoms with Crippen LogP contribution < -0.4 is 39.9 Å². The lowest BCUT2D eigenvalue weighted by atomic mass is 10.3. The van der Waals surface area contributed by atoms with Gasteiger partial charge in [-0.15, -0.1) is 0 Å². The predicted molar refractivity (Wildman–Crippen MR) is 117 cm³/mol. The van der Waals surface area contributed by atoms with E-state index in [-0.39, 0.29) is 24.0 Å². The minimum atomic E-state index is -1.76. The maximum absolute atomic E-state index is 5.58. The van der Waals surface area contributed by atoms with E-state index in [1.165, 1.54) is 21.4 Å². The first-order valence-electron chi connectivity index (χ1n) is 8.66. The Morgan fingerprint density at radius 2 is 1.11 bits per heavy atom. The van der Waals surface area contributed by atoms with Gasteiger partial charge in [-0.2, -0.15) is 0 Å². The molecule has 136 valence electrons. The van der Waals surface area contributed by atoms with Gasteiger partial charge >= 0.3 is 0 Å². The molecule has 0 aliphatic heterocycles. The molecule has 0 aliphatic rings. The molecule has 0 aromatic heterocycles. The summed E-state index contributed by atoms with van der Waals surface area (Å²) in [5, 5.41) is 4.19. The summed E-state index contributed by atoms with van der Waals surface area (Å²) in [7, 11) is -1.76. The number of hydrogen-bond acceptors (Lipinski definition) is 0. The first-order valence-corrected chi connectivity index (χ1v) is 11.1. The molecular formula is C24H21ClIP. The van der Waals surface area contributed by atoms with Gasteiger partial charge < -0.3 is 24.0 Å². The van der Waals surface area contributed by atoms with Crippen molar-refractivity contribution in [2.45, 2.75) is 6.42 Å². The number of benzene rings is 3. The molecule has 0 heterocycles. The van der Waals surface area contributed by atoms with Gasteiger partial charge in [-0.05, 0) is 42.5 Å². The van der Waals surface area contributed by atoms with E-state index in [2.05, 4.69) is 103 Å². The van der Waals surface area contributed by atoms with Crippen molar-refractivity contribution >= 4 is 34.8 Å². The second kappa shape index (κ2) is 11.3. The van der Waals surface area contributed by atoms with Crippen LogP contribution in [0, 0.1) is 11.8 Å². The number of allylic oxidation sites excluding steroid dienone is 1. The van der Waals surface area contributed by atoms with E-state index in [1.54, 1.807) is 6.08 Å². The molecule has 0 aliphatic carbocycles. The van der Waals surface area contributed by atoms with Crippen LogP contribution in [0.25, 0.3) is 0 Å². The third-order valence-corrected chi connectivity index (χ3v) is 8.97. The van der Waals surface area contributed by atoms with Crippen LogP contribution in [0.5, 0.6) is 0 Å².